The lowest BCUT2D eigenvalue weighted by atomic mass is 10.1. The van der Waals surface area contributed by atoms with E-state index in [1.54, 1.807) is 4.52 Å². The molecule has 0 bridgehead atoms. The molecule has 0 saturated heterocycles. The molecule has 0 fully saturated rings. The Bertz CT molecular complexity index is 1370. The van der Waals surface area contributed by atoms with Crippen LogP contribution in [0.3, 0.4) is 0 Å². The number of aromatic nitrogens is 4. The van der Waals surface area contributed by atoms with Gasteiger partial charge in [0.2, 0.25) is 0 Å². The molecule has 25 heavy (non-hydrogen) atoms. The zero-order valence-electron chi connectivity index (χ0n) is 13.4. The summed E-state index contributed by atoms with van der Waals surface area (Å²) in [6, 6.07) is 15.7. The standard InChI is InChI=1S/C20H12N4O/c1-11-10-23-18(20-21-14-8-4-5-9-15(14)24(11)20)16-17(22-23)12-6-2-3-7-13(12)19(16)25/h2-10H,1H3. The third-order valence-corrected chi connectivity index (χ3v) is 5.00. The number of hydrogen-bond donors (Lipinski definition) is 0. The Labute approximate surface area is 142 Å². The summed E-state index contributed by atoms with van der Waals surface area (Å²) in [5.41, 5.74) is 7.55. The van der Waals surface area contributed by atoms with Crippen LogP contribution in [0.4, 0.5) is 0 Å². The number of nitrogens with zero attached hydrogens (tertiary/aromatic N) is 4. The highest BCUT2D eigenvalue weighted by atomic mass is 16.1. The van der Waals surface area contributed by atoms with Crippen molar-refractivity contribution in [2.75, 3.05) is 0 Å². The van der Waals surface area contributed by atoms with Crippen LogP contribution in [0.15, 0.2) is 54.7 Å². The van der Waals surface area contributed by atoms with Crippen molar-refractivity contribution < 1.29 is 4.79 Å². The van der Waals surface area contributed by atoms with Crippen LogP contribution in [0.5, 0.6) is 0 Å². The molecule has 1 aliphatic rings. The van der Waals surface area contributed by atoms with Gasteiger partial charge in [-0.05, 0) is 19.1 Å². The van der Waals surface area contributed by atoms with Crippen molar-refractivity contribution in [2.24, 2.45) is 0 Å². The van der Waals surface area contributed by atoms with Crippen LogP contribution in [0.25, 0.3) is 33.5 Å². The maximum atomic E-state index is 13.0. The Kier molecular flexibility index (Phi) is 2.13. The monoisotopic (exact) mass is 324 g/mol. The largest absolute Gasteiger partial charge is 0.294 e. The zero-order valence-corrected chi connectivity index (χ0v) is 13.4. The third-order valence-electron chi connectivity index (χ3n) is 5.00. The molecule has 5 nitrogen and oxygen atoms in total. The SMILES string of the molecule is Cc1cn2nc3c(c2c2nc4ccccc4n12)C(=O)c1ccccc1-3. The third kappa shape index (κ3) is 1.42. The summed E-state index contributed by atoms with van der Waals surface area (Å²) in [5.74, 6) is 0.0263. The molecule has 5 heteroatoms. The van der Waals surface area contributed by atoms with E-state index in [1.165, 1.54) is 0 Å². The number of hydrogen-bond acceptors (Lipinski definition) is 3. The summed E-state index contributed by atoms with van der Waals surface area (Å²) in [6.07, 6.45) is 1.96. The molecule has 0 radical (unpaired) electrons. The summed E-state index contributed by atoms with van der Waals surface area (Å²) in [4.78, 5) is 17.8. The number of rotatable bonds is 0. The molecule has 2 aromatic carbocycles. The molecule has 118 valence electrons. The fourth-order valence-electron chi connectivity index (χ4n) is 3.94. The van der Waals surface area contributed by atoms with Crippen molar-refractivity contribution in [3.63, 3.8) is 0 Å². The molecule has 0 spiro atoms. The number of para-hydroxylation sites is 2. The van der Waals surface area contributed by atoms with Crippen LogP contribution in [-0.4, -0.2) is 24.8 Å². The summed E-state index contributed by atoms with van der Waals surface area (Å²) in [7, 11) is 0. The highest BCUT2D eigenvalue weighted by molar-refractivity contribution is 6.25. The van der Waals surface area contributed by atoms with Gasteiger partial charge in [-0.1, -0.05) is 36.4 Å². The lowest BCUT2D eigenvalue weighted by molar-refractivity contribution is 0.104. The maximum Gasteiger partial charge on any atom is 0.198 e. The average Bonchev–Trinajstić information content (AvgIpc) is 3.26. The Morgan fingerprint density at radius 1 is 0.960 bits per heavy atom. The molecule has 1 aliphatic carbocycles. The van der Waals surface area contributed by atoms with Crippen molar-refractivity contribution >= 4 is 28.0 Å². The average molecular weight is 324 g/mol. The van der Waals surface area contributed by atoms with Gasteiger partial charge in [0, 0.05) is 23.0 Å². The molecule has 0 aliphatic heterocycles. The second kappa shape index (κ2) is 4.13. The molecular weight excluding hydrogens is 312 g/mol. The van der Waals surface area contributed by atoms with E-state index < -0.39 is 0 Å². The van der Waals surface area contributed by atoms with E-state index in [-0.39, 0.29) is 5.78 Å². The van der Waals surface area contributed by atoms with Crippen molar-refractivity contribution in [3.05, 3.63) is 71.5 Å². The van der Waals surface area contributed by atoms with E-state index >= 15 is 0 Å². The molecule has 6 rings (SSSR count). The van der Waals surface area contributed by atoms with E-state index in [9.17, 15) is 4.79 Å². The first-order valence-electron chi connectivity index (χ1n) is 8.17. The molecule has 0 N–H and O–H groups in total. The van der Waals surface area contributed by atoms with Crippen LogP contribution in [-0.2, 0) is 0 Å². The summed E-state index contributed by atoms with van der Waals surface area (Å²) < 4.78 is 3.90. The van der Waals surface area contributed by atoms with E-state index in [1.807, 2.05) is 61.7 Å². The van der Waals surface area contributed by atoms with Crippen LogP contribution in [0.2, 0.25) is 0 Å². The lowest BCUT2D eigenvalue weighted by Crippen LogP contribution is -2.02. The second-order valence-electron chi connectivity index (χ2n) is 6.42. The van der Waals surface area contributed by atoms with E-state index in [4.69, 9.17) is 10.1 Å². The van der Waals surface area contributed by atoms with Crippen LogP contribution >= 0.6 is 0 Å². The van der Waals surface area contributed by atoms with Crippen molar-refractivity contribution in [2.45, 2.75) is 6.92 Å². The van der Waals surface area contributed by atoms with Gasteiger partial charge in [0.15, 0.2) is 11.4 Å². The van der Waals surface area contributed by atoms with E-state index in [0.717, 1.165) is 44.7 Å². The molecule has 0 unspecified atom stereocenters. The predicted molar refractivity (Wildman–Crippen MR) is 95.1 cm³/mol. The van der Waals surface area contributed by atoms with Crippen LogP contribution in [0, 0.1) is 6.92 Å². The predicted octanol–water partition coefficient (Wildman–Crippen LogP) is 3.66. The molecule has 0 atom stereocenters. The fraction of sp³-hybridized carbons (Fsp3) is 0.0500. The number of ketones is 1. The summed E-state index contributed by atoms with van der Waals surface area (Å²) >= 11 is 0. The molecule has 0 saturated carbocycles. The van der Waals surface area contributed by atoms with E-state index in [2.05, 4.69) is 4.40 Å². The highest BCUT2D eigenvalue weighted by Gasteiger charge is 2.33. The summed E-state index contributed by atoms with van der Waals surface area (Å²) in [6.45, 7) is 2.03. The van der Waals surface area contributed by atoms with Gasteiger partial charge in [-0.15, -0.1) is 0 Å². The lowest BCUT2D eigenvalue weighted by Gasteiger charge is -2.05. The Balaban J connectivity index is 1.87. The number of carbonyl (C=O) groups excluding carboxylic acids is 1. The van der Waals surface area contributed by atoms with Gasteiger partial charge < -0.3 is 0 Å². The first-order chi connectivity index (χ1) is 12.2. The van der Waals surface area contributed by atoms with Gasteiger partial charge in [0.25, 0.3) is 0 Å². The topological polar surface area (TPSA) is 51.7 Å². The number of benzene rings is 2. The van der Waals surface area contributed by atoms with Gasteiger partial charge >= 0.3 is 0 Å². The molecule has 0 amide bonds. The quantitative estimate of drug-likeness (QED) is 0.428. The van der Waals surface area contributed by atoms with Crippen molar-refractivity contribution in [1.29, 1.82) is 0 Å². The van der Waals surface area contributed by atoms with Crippen LogP contribution in [0.1, 0.15) is 21.6 Å². The minimum atomic E-state index is 0.0263. The van der Waals surface area contributed by atoms with Crippen molar-refractivity contribution in [1.82, 2.24) is 19.0 Å². The fourth-order valence-corrected chi connectivity index (χ4v) is 3.94. The molecule has 3 heterocycles. The zero-order chi connectivity index (χ0) is 16.7. The smallest absolute Gasteiger partial charge is 0.198 e. The number of fused-ring (bicyclic) bond motifs is 9. The maximum absolute atomic E-state index is 13.0. The van der Waals surface area contributed by atoms with E-state index in [0.29, 0.717) is 5.56 Å². The highest BCUT2D eigenvalue weighted by Crippen LogP contribution is 2.39. The van der Waals surface area contributed by atoms with Gasteiger partial charge in [0.05, 0.1) is 16.6 Å². The number of carbonyl (C=O) groups is 1. The second-order valence-corrected chi connectivity index (χ2v) is 6.42. The van der Waals surface area contributed by atoms with Gasteiger partial charge in [0.1, 0.15) is 11.2 Å². The van der Waals surface area contributed by atoms with Crippen molar-refractivity contribution in [3.8, 4) is 11.3 Å². The molecular formula is C20H12N4O. The summed E-state index contributed by atoms with van der Waals surface area (Å²) in [5, 5.41) is 4.71. The number of aryl methyl sites for hydroxylation is 1. The Hall–Kier alpha value is -3.47. The molecule has 3 aromatic heterocycles. The number of imidazole rings is 1. The Morgan fingerprint density at radius 3 is 2.60 bits per heavy atom. The first kappa shape index (κ1) is 12.9. The normalized spacial score (nSPS) is 13.1. The Morgan fingerprint density at radius 2 is 1.72 bits per heavy atom. The molecule has 5 aromatic rings. The van der Waals surface area contributed by atoms with Gasteiger partial charge in [-0.3, -0.25) is 9.20 Å². The minimum Gasteiger partial charge on any atom is -0.294 e. The first-order valence-corrected chi connectivity index (χ1v) is 8.17. The van der Waals surface area contributed by atoms with Gasteiger partial charge in [-0.2, -0.15) is 5.10 Å². The van der Waals surface area contributed by atoms with Crippen LogP contribution < -0.4 is 0 Å². The minimum absolute atomic E-state index is 0.0263. The van der Waals surface area contributed by atoms with Gasteiger partial charge in [-0.25, -0.2) is 9.50 Å².